The maximum Gasteiger partial charge on any atom is 0.0755 e. The first-order chi connectivity index (χ1) is 7.83. The lowest BCUT2D eigenvalue weighted by molar-refractivity contribution is 0.413. The molecule has 0 atom stereocenters. The van der Waals surface area contributed by atoms with E-state index in [1.807, 2.05) is 0 Å². The van der Waals surface area contributed by atoms with Crippen molar-refractivity contribution < 1.29 is 0 Å². The van der Waals surface area contributed by atoms with Crippen LogP contribution in [0.5, 0.6) is 0 Å². The fourth-order valence-corrected chi connectivity index (χ4v) is 2.75. The molecule has 1 fully saturated rings. The predicted octanol–water partition coefficient (Wildman–Crippen LogP) is 4.60. The third-order valence-electron chi connectivity index (χ3n) is 3.48. The van der Waals surface area contributed by atoms with Crippen molar-refractivity contribution in [3.8, 4) is 0 Å². The molecule has 0 unspecified atom stereocenters. The summed E-state index contributed by atoms with van der Waals surface area (Å²) < 4.78 is 0. The lowest BCUT2D eigenvalue weighted by atomic mass is 9.95. The molecule has 1 rings (SSSR count). The van der Waals surface area contributed by atoms with Crippen LogP contribution in [-0.2, 0) is 0 Å². The van der Waals surface area contributed by atoms with Gasteiger partial charge in [-0.3, -0.25) is 0 Å². The lowest BCUT2D eigenvalue weighted by Crippen LogP contribution is -2.34. The largest absolute Gasteiger partial charge is 0.377 e. The quantitative estimate of drug-likeness (QED) is 0.516. The Morgan fingerprint density at radius 1 is 1.06 bits per heavy atom. The molecule has 0 bridgehead atoms. The van der Waals surface area contributed by atoms with E-state index in [4.69, 9.17) is 12.2 Å². The number of rotatable bonds is 7. The van der Waals surface area contributed by atoms with Crippen LogP contribution in [0.4, 0.5) is 0 Å². The molecule has 0 aliphatic heterocycles. The van der Waals surface area contributed by atoms with E-state index < -0.39 is 0 Å². The first kappa shape index (κ1) is 14.0. The highest BCUT2D eigenvalue weighted by Gasteiger charge is 2.13. The summed E-state index contributed by atoms with van der Waals surface area (Å²) in [5.74, 6) is 0. The molecule has 1 aliphatic rings. The second-order valence-corrected chi connectivity index (χ2v) is 5.56. The molecule has 1 N–H and O–H groups in total. The monoisotopic (exact) mass is 241 g/mol. The van der Waals surface area contributed by atoms with Crippen molar-refractivity contribution in [3.05, 3.63) is 0 Å². The van der Waals surface area contributed by atoms with Gasteiger partial charge in [0.2, 0.25) is 0 Å². The number of nitrogens with one attached hydrogen (secondary N) is 1. The molecule has 1 nitrogen and oxygen atoms in total. The van der Waals surface area contributed by atoms with E-state index in [0.717, 1.165) is 11.4 Å². The predicted molar refractivity (Wildman–Crippen MR) is 76.0 cm³/mol. The summed E-state index contributed by atoms with van der Waals surface area (Å²) in [7, 11) is 0. The van der Waals surface area contributed by atoms with Gasteiger partial charge in [0, 0.05) is 6.04 Å². The molecule has 94 valence electrons. The van der Waals surface area contributed by atoms with Crippen molar-refractivity contribution in [2.24, 2.45) is 0 Å². The van der Waals surface area contributed by atoms with E-state index in [1.54, 1.807) is 0 Å². The summed E-state index contributed by atoms with van der Waals surface area (Å²) in [6, 6.07) is 0.692. The Hall–Kier alpha value is -0.110. The first-order valence-electron chi connectivity index (χ1n) is 7.12. The summed E-state index contributed by atoms with van der Waals surface area (Å²) in [5, 5.41) is 3.54. The molecule has 0 radical (unpaired) electrons. The minimum atomic E-state index is 0.692. The maximum absolute atomic E-state index is 5.40. The van der Waals surface area contributed by atoms with Crippen molar-refractivity contribution >= 4 is 17.2 Å². The molecule has 0 saturated heterocycles. The minimum absolute atomic E-state index is 0.692. The molecule has 0 aromatic heterocycles. The molecule has 0 heterocycles. The second kappa shape index (κ2) is 8.98. The minimum Gasteiger partial charge on any atom is -0.377 e. The first-order valence-corrected chi connectivity index (χ1v) is 7.53. The van der Waals surface area contributed by atoms with Gasteiger partial charge in [0.1, 0.15) is 0 Å². The fraction of sp³-hybridized carbons (Fsp3) is 0.929. The molecule has 16 heavy (non-hydrogen) atoms. The zero-order valence-corrected chi connectivity index (χ0v) is 11.6. The van der Waals surface area contributed by atoms with Gasteiger partial charge in [0.25, 0.3) is 0 Å². The van der Waals surface area contributed by atoms with Crippen LogP contribution in [0, 0.1) is 0 Å². The number of thiocarbonyl (C=S) groups is 1. The van der Waals surface area contributed by atoms with Crippen LogP contribution >= 0.6 is 12.2 Å². The Morgan fingerprint density at radius 3 is 2.44 bits per heavy atom. The highest BCUT2D eigenvalue weighted by Crippen LogP contribution is 2.17. The topological polar surface area (TPSA) is 12.0 Å². The fourth-order valence-electron chi connectivity index (χ4n) is 2.44. The van der Waals surface area contributed by atoms with Gasteiger partial charge in [-0.2, -0.15) is 0 Å². The summed E-state index contributed by atoms with van der Waals surface area (Å²) >= 11 is 5.40. The highest BCUT2D eigenvalue weighted by molar-refractivity contribution is 7.80. The molecule has 2 heteroatoms. The van der Waals surface area contributed by atoms with Crippen LogP contribution in [0.25, 0.3) is 0 Å². The van der Waals surface area contributed by atoms with E-state index in [1.165, 1.54) is 64.2 Å². The van der Waals surface area contributed by atoms with Crippen molar-refractivity contribution in [2.75, 3.05) is 0 Å². The van der Waals surface area contributed by atoms with E-state index in [-0.39, 0.29) is 0 Å². The Morgan fingerprint density at radius 2 is 1.75 bits per heavy atom. The van der Waals surface area contributed by atoms with Crippen LogP contribution in [0.3, 0.4) is 0 Å². The van der Waals surface area contributed by atoms with Gasteiger partial charge in [-0.05, 0) is 25.7 Å². The van der Waals surface area contributed by atoms with Crippen LogP contribution in [0.15, 0.2) is 0 Å². The van der Waals surface area contributed by atoms with Crippen LogP contribution in [0.1, 0.15) is 77.6 Å². The zero-order valence-electron chi connectivity index (χ0n) is 10.8. The molecular weight excluding hydrogens is 214 g/mol. The smallest absolute Gasteiger partial charge is 0.0755 e. The van der Waals surface area contributed by atoms with Crippen molar-refractivity contribution in [1.82, 2.24) is 5.32 Å². The molecule has 0 spiro atoms. The Bertz CT molecular complexity index is 185. The van der Waals surface area contributed by atoms with Crippen molar-refractivity contribution in [1.29, 1.82) is 0 Å². The van der Waals surface area contributed by atoms with Gasteiger partial charge in [0.15, 0.2) is 0 Å². The van der Waals surface area contributed by atoms with Crippen molar-refractivity contribution in [2.45, 2.75) is 83.6 Å². The lowest BCUT2D eigenvalue weighted by Gasteiger charge is -2.24. The summed E-state index contributed by atoms with van der Waals surface area (Å²) in [5.41, 5.74) is 0. The van der Waals surface area contributed by atoms with Crippen LogP contribution < -0.4 is 5.32 Å². The Balaban J connectivity index is 1.97. The number of hydrogen-bond donors (Lipinski definition) is 1. The van der Waals surface area contributed by atoms with Crippen LogP contribution in [0.2, 0.25) is 0 Å². The summed E-state index contributed by atoms with van der Waals surface area (Å²) in [4.78, 5) is 1.11. The standard InChI is InChI=1S/C14H27NS/c1-2-3-4-5-9-12-14(16)15-13-10-7-6-8-11-13/h13H,2-12H2,1H3,(H,15,16). The van der Waals surface area contributed by atoms with Gasteiger partial charge in [-0.15, -0.1) is 0 Å². The number of unbranched alkanes of at least 4 members (excludes halogenated alkanes) is 4. The third kappa shape index (κ3) is 6.47. The third-order valence-corrected chi connectivity index (χ3v) is 3.80. The molecule has 0 aromatic carbocycles. The molecule has 0 amide bonds. The van der Waals surface area contributed by atoms with Crippen LogP contribution in [-0.4, -0.2) is 11.0 Å². The van der Waals surface area contributed by atoms with E-state index in [9.17, 15) is 0 Å². The molecule has 0 aromatic rings. The number of hydrogen-bond acceptors (Lipinski definition) is 1. The molecular formula is C14H27NS. The Labute approximate surface area is 106 Å². The molecule has 1 aliphatic carbocycles. The van der Waals surface area contributed by atoms with E-state index in [0.29, 0.717) is 6.04 Å². The molecule has 1 saturated carbocycles. The zero-order chi connectivity index (χ0) is 11.6. The van der Waals surface area contributed by atoms with Crippen molar-refractivity contribution in [3.63, 3.8) is 0 Å². The van der Waals surface area contributed by atoms with Gasteiger partial charge in [-0.25, -0.2) is 0 Å². The SMILES string of the molecule is CCCCCCCC(=S)NC1CCCCC1. The van der Waals surface area contributed by atoms with E-state index >= 15 is 0 Å². The summed E-state index contributed by atoms with van der Waals surface area (Å²) in [6.07, 6.45) is 14.7. The second-order valence-electron chi connectivity index (χ2n) is 5.07. The highest BCUT2D eigenvalue weighted by atomic mass is 32.1. The summed E-state index contributed by atoms with van der Waals surface area (Å²) in [6.45, 7) is 2.26. The van der Waals surface area contributed by atoms with Gasteiger partial charge in [0.05, 0.1) is 4.99 Å². The van der Waals surface area contributed by atoms with Gasteiger partial charge < -0.3 is 5.32 Å². The normalized spacial score (nSPS) is 17.3. The van der Waals surface area contributed by atoms with E-state index in [2.05, 4.69) is 12.2 Å². The van der Waals surface area contributed by atoms with Gasteiger partial charge >= 0.3 is 0 Å². The maximum atomic E-state index is 5.40. The average molecular weight is 241 g/mol. The van der Waals surface area contributed by atoms with Gasteiger partial charge in [-0.1, -0.05) is 64.1 Å². The Kier molecular flexibility index (Phi) is 7.83. The average Bonchev–Trinajstić information content (AvgIpc) is 2.30.